The number of hydrogen-bond acceptors (Lipinski definition) is 4. The fraction of sp³-hybridized carbons (Fsp3) is 0.588. The molecule has 1 saturated heterocycles. The SMILES string of the molecule is O=C(CCSc1ccc(Br)cc1)NCCCOC[C@@H]1CCOC1. The van der Waals surface area contributed by atoms with Crippen LogP contribution < -0.4 is 5.32 Å². The maximum absolute atomic E-state index is 11.7. The van der Waals surface area contributed by atoms with Gasteiger partial charge < -0.3 is 14.8 Å². The van der Waals surface area contributed by atoms with Crippen molar-refractivity contribution >= 4 is 33.6 Å². The molecule has 128 valence electrons. The Morgan fingerprint density at radius 2 is 2.22 bits per heavy atom. The standard InChI is InChI=1S/C17H24BrNO3S/c18-15-2-4-16(5-3-15)23-11-7-17(20)19-8-1-9-21-12-14-6-10-22-13-14/h2-5,14H,1,6-13H2,(H,19,20)/t14-/m0/s1. The molecule has 1 aliphatic rings. The molecule has 23 heavy (non-hydrogen) atoms. The van der Waals surface area contributed by atoms with Crippen LogP contribution in [0.2, 0.25) is 0 Å². The second-order valence-corrected chi connectivity index (χ2v) is 7.64. The average Bonchev–Trinajstić information content (AvgIpc) is 3.06. The van der Waals surface area contributed by atoms with Gasteiger partial charge in [-0.15, -0.1) is 11.8 Å². The quantitative estimate of drug-likeness (QED) is 0.481. The van der Waals surface area contributed by atoms with E-state index in [1.807, 2.05) is 12.1 Å². The van der Waals surface area contributed by atoms with Gasteiger partial charge in [-0.3, -0.25) is 4.79 Å². The number of ether oxygens (including phenoxy) is 2. The van der Waals surface area contributed by atoms with Crippen molar-refractivity contribution in [3.63, 3.8) is 0 Å². The first-order valence-electron chi connectivity index (χ1n) is 8.04. The molecular weight excluding hydrogens is 378 g/mol. The second-order valence-electron chi connectivity index (χ2n) is 5.56. The van der Waals surface area contributed by atoms with Crippen molar-refractivity contribution in [2.45, 2.75) is 24.2 Å². The lowest BCUT2D eigenvalue weighted by Crippen LogP contribution is -2.25. The molecule has 1 atom stereocenters. The van der Waals surface area contributed by atoms with Gasteiger partial charge in [-0.25, -0.2) is 0 Å². The summed E-state index contributed by atoms with van der Waals surface area (Å²) in [5.41, 5.74) is 0. The minimum absolute atomic E-state index is 0.110. The van der Waals surface area contributed by atoms with Crippen LogP contribution in [0.3, 0.4) is 0 Å². The van der Waals surface area contributed by atoms with Crippen molar-refractivity contribution in [2.24, 2.45) is 5.92 Å². The van der Waals surface area contributed by atoms with Crippen LogP contribution in [0.1, 0.15) is 19.3 Å². The third-order valence-electron chi connectivity index (χ3n) is 3.58. The normalized spacial score (nSPS) is 17.3. The number of rotatable bonds is 10. The zero-order chi connectivity index (χ0) is 16.3. The van der Waals surface area contributed by atoms with Gasteiger partial charge >= 0.3 is 0 Å². The van der Waals surface area contributed by atoms with Crippen molar-refractivity contribution in [3.8, 4) is 0 Å². The van der Waals surface area contributed by atoms with Gasteiger partial charge in [0.25, 0.3) is 0 Å². The highest BCUT2D eigenvalue weighted by atomic mass is 79.9. The highest BCUT2D eigenvalue weighted by Gasteiger charge is 2.15. The largest absolute Gasteiger partial charge is 0.381 e. The van der Waals surface area contributed by atoms with E-state index in [0.717, 1.165) is 42.9 Å². The van der Waals surface area contributed by atoms with Crippen LogP contribution >= 0.6 is 27.7 Å². The summed E-state index contributed by atoms with van der Waals surface area (Å²) in [6.45, 7) is 3.85. The second kappa shape index (κ2) is 11.1. The highest BCUT2D eigenvalue weighted by Crippen LogP contribution is 2.21. The number of amides is 1. The van der Waals surface area contributed by atoms with E-state index in [0.29, 0.717) is 25.5 Å². The van der Waals surface area contributed by atoms with Gasteiger partial charge in [0, 0.05) is 47.2 Å². The first kappa shape index (κ1) is 18.8. The van der Waals surface area contributed by atoms with E-state index in [1.54, 1.807) is 11.8 Å². The van der Waals surface area contributed by atoms with E-state index in [-0.39, 0.29) is 5.91 Å². The predicted octanol–water partition coefficient (Wildman–Crippen LogP) is 3.49. The zero-order valence-electron chi connectivity index (χ0n) is 13.3. The van der Waals surface area contributed by atoms with Gasteiger partial charge in [0.2, 0.25) is 5.91 Å². The van der Waals surface area contributed by atoms with Crippen molar-refractivity contribution < 1.29 is 14.3 Å². The van der Waals surface area contributed by atoms with E-state index in [9.17, 15) is 4.79 Å². The molecule has 1 heterocycles. The summed E-state index contributed by atoms with van der Waals surface area (Å²) in [5, 5.41) is 2.94. The van der Waals surface area contributed by atoms with Gasteiger partial charge in [0.05, 0.1) is 13.2 Å². The van der Waals surface area contributed by atoms with E-state index in [1.165, 1.54) is 4.90 Å². The summed E-state index contributed by atoms with van der Waals surface area (Å²) < 4.78 is 12.0. The Morgan fingerprint density at radius 1 is 1.39 bits per heavy atom. The number of thioether (sulfide) groups is 1. The van der Waals surface area contributed by atoms with Crippen LogP contribution in [-0.2, 0) is 14.3 Å². The van der Waals surface area contributed by atoms with E-state index < -0.39 is 0 Å². The van der Waals surface area contributed by atoms with Crippen LogP contribution in [0.15, 0.2) is 33.6 Å². The molecule has 1 aliphatic heterocycles. The minimum Gasteiger partial charge on any atom is -0.381 e. The van der Waals surface area contributed by atoms with Gasteiger partial charge in [0.1, 0.15) is 0 Å². The molecule has 6 heteroatoms. The predicted molar refractivity (Wildman–Crippen MR) is 96.9 cm³/mol. The maximum atomic E-state index is 11.7. The van der Waals surface area contributed by atoms with Gasteiger partial charge in [-0.05, 0) is 37.1 Å². The fourth-order valence-electron chi connectivity index (χ4n) is 2.25. The molecule has 0 radical (unpaired) electrons. The number of hydrogen-bond donors (Lipinski definition) is 1. The Kier molecular flexibility index (Phi) is 9.04. The summed E-state index contributed by atoms with van der Waals surface area (Å²) in [5.74, 6) is 1.46. The zero-order valence-corrected chi connectivity index (χ0v) is 15.7. The molecule has 1 N–H and O–H groups in total. The fourth-order valence-corrected chi connectivity index (χ4v) is 3.36. The molecule has 0 bridgehead atoms. The molecule has 1 aromatic carbocycles. The molecule has 0 spiro atoms. The molecule has 1 amide bonds. The third kappa shape index (κ3) is 8.20. The van der Waals surface area contributed by atoms with Crippen LogP contribution in [0.4, 0.5) is 0 Å². The number of halogens is 1. The van der Waals surface area contributed by atoms with Gasteiger partial charge in [0.15, 0.2) is 0 Å². The highest BCUT2D eigenvalue weighted by molar-refractivity contribution is 9.10. The van der Waals surface area contributed by atoms with E-state index in [4.69, 9.17) is 9.47 Å². The maximum Gasteiger partial charge on any atom is 0.220 e. The van der Waals surface area contributed by atoms with Crippen molar-refractivity contribution in [2.75, 3.05) is 38.7 Å². The van der Waals surface area contributed by atoms with Crippen LogP contribution in [0.25, 0.3) is 0 Å². The van der Waals surface area contributed by atoms with E-state index >= 15 is 0 Å². The van der Waals surface area contributed by atoms with Gasteiger partial charge in [-0.2, -0.15) is 0 Å². The smallest absolute Gasteiger partial charge is 0.220 e. The number of benzene rings is 1. The summed E-state index contributed by atoms with van der Waals surface area (Å²) in [6, 6.07) is 8.14. The van der Waals surface area contributed by atoms with Crippen molar-refractivity contribution in [3.05, 3.63) is 28.7 Å². The van der Waals surface area contributed by atoms with Crippen molar-refractivity contribution in [1.29, 1.82) is 0 Å². The molecule has 2 rings (SSSR count). The first-order chi connectivity index (χ1) is 11.2. The molecule has 1 fully saturated rings. The van der Waals surface area contributed by atoms with Gasteiger partial charge in [-0.1, -0.05) is 15.9 Å². The Balaban J connectivity index is 1.43. The lowest BCUT2D eigenvalue weighted by atomic mass is 10.1. The summed E-state index contributed by atoms with van der Waals surface area (Å²) in [4.78, 5) is 12.9. The number of nitrogens with one attached hydrogen (secondary N) is 1. The number of carbonyl (C=O) groups excluding carboxylic acids is 1. The Hall–Kier alpha value is -0.560. The molecule has 0 saturated carbocycles. The number of carbonyl (C=O) groups is 1. The summed E-state index contributed by atoms with van der Waals surface area (Å²) in [7, 11) is 0. The first-order valence-corrected chi connectivity index (χ1v) is 9.82. The molecule has 0 aliphatic carbocycles. The Morgan fingerprint density at radius 3 is 2.96 bits per heavy atom. The lowest BCUT2D eigenvalue weighted by Gasteiger charge is -2.09. The molecule has 1 aromatic rings. The lowest BCUT2D eigenvalue weighted by molar-refractivity contribution is -0.120. The van der Waals surface area contributed by atoms with Crippen LogP contribution in [-0.4, -0.2) is 44.6 Å². The average molecular weight is 402 g/mol. The van der Waals surface area contributed by atoms with Crippen LogP contribution in [0.5, 0.6) is 0 Å². The third-order valence-corrected chi connectivity index (χ3v) is 5.12. The molecule has 0 aromatic heterocycles. The van der Waals surface area contributed by atoms with Crippen LogP contribution in [0, 0.1) is 5.92 Å². The topological polar surface area (TPSA) is 47.6 Å². The molecule has 4 nitrogen and oxygen atoms in total. The minimum atomic E-state index is 0.110. The molecular formula is C17H24BrNO3S. The Labute approximate surface area is 150 Å². The van der Waals surface area contributed by atoms with E-state index in [2.05, 4.69) is 33.4 Å². The summed E-state index contributed by atoms with van der Waals surface area (Å²) >= 11 is 5.11. The molecule has 0 unspecified atom stereocenters. The monoisotopic (exact) mass is 401 g/mol. The van der Waals surface area contributed by atoms with Crippen molar-refractivity contribution in [1.82, 2.24) is 5.32 Å². The summed E-state index contributed by atoms with van der Waals surface area (Å²) in [6.07, 6.45) is 2.51. The Bertz CT molecular complexity index is 463.